The molecule has 0 saturated carbocycles. The summed E-state index contributed by atoms with van der Waals surface area (Å²) in [5.74, 6) is 1.02. The van der Waals surface area contributed by atoms with Gasteiger partial charge in [0.25, 0.3) is 0 Å². The zero-order chi connectivity index (χ0) is 14.7. The van der Waals surface area contributed by atoms with Gasteiger partial charge in [-0.3, -0.25) is 14.7 Å². The lowest BCUT2D eigenvalue weighted by Gasteiger charge is -2.33. The number of amides is 1. The topological polar surface area (TPSA) is 45.7 Å². The smallest absolute Gasteiger partial charge is 0.227 e. The molecule has 0 bridgehead atoms. The second-order valence-electron chi connectivity index (χ2n) is 6.02. The van der Waals surface area contributed by atoms with Crippen LogP contribution in [0.3, 0.4) is 0 Å². The van der Waals surface area contributed by atoms with E-state index in [2.05, 4.69) is 22.0 Å². The number of hydrogen-bond acceptors (Lipinski definition) is 4. The molecule has 5 heteroatoms. The average Bonchev–Trinajstić information content (AvgIpc) is 2.91. The molecule has 21 heavy (non-hydrogen) atoms. The fraction of sp³-hybridized carbons (Fsp3) is 0.625. The van der Waals surface area contributed by atoms with Gasteiger partial charge in [0.2, 0.25) is 5.91 Å². The number of carbonyl (C=O) groups is 1. The Balaban J connectivity index is 1.59. The monoisotopic (exact) mass is 289 g/mol. The lowest BCUT2D eigenvalue weighted by molar-refractivity contribution is -0.140. The number of piperidine rings is 1. The molecule has 0 unspecified atom stereocenters. The summed E-state index contributed by atoms with van der Waals surface area (Å²) >= 11 is 0. The van der Waals surface area contributed by atoms with Gasteiger partial charge in [-0.25, -0.2) is 0 Å². The molecule has 3 rings (SSSR count). The maximum atomic E-state index is 12.5. The highest BCUT2D eigenvalue weighted by atomic mass is 16.5. The van der Waals surface area contributed by atoms with Gasteiger partial charge >= 0.3 is 0 Å². The van der Waals surface area contributed by atoms with Crippen molar-refractivity contribution in [3.05, 3.63) is 30.1 Å². The molecule has 0 aromatic carbocycles. The van der Waals surface area contributed by atoms with Gasteiger partial charge in [0.05, 0.1) is 12.5 Å². The third kappa shape index (κ3) is 3.24. The first-order valence-corrected chi connectivity index (χ1v) is 7.67. The molecule has 2 atom stereocenters. The van der Waals surface area contributed by atoms with Crippen LogP contribution in [-0.4, -0.2) is 60.6 Å². The summed E-state index contributed by atoms with van der Waals surface area (Å²) in [6, 6.07) is 4.10. The van der Waals surface area contributed by atoms with E-state index in [9.17, 15) is 4.79 Å². The predicted octanol–water partition coefficient (Wildman–Crippen LogP) is 1.01. The van der Waals surface area contributed by atoms with Crippen LogP contribution in [0.15, 0.2) is 24.5 Å². The van der Waals surface area contributed by atoms with Gasteiger partial charge in [-0.15, -0.1) is 0 Å². The van der Waals surface area contributed by atoms with Gasteiger partial charge < -0.3 is 9.64 Å². The van der Waals surface area contributed by atoms with E-state index < -0.39 is 0 Å². The molecule has 1 aromatic heterocycles. The number of carbonyl (C=O) groups excluding carboxylic acids is 1. The van der Waals surface area contributed by atoms with E-state index >= 15 is 0 Å². The second kappa shape index (κ2) is 6.54. The molecule has 0 N–H and O–H groups in total. The van der Waals surface area contributed by atoms with Crippen molar-refractivity contribution in [3.63, 3.8) is 0 Å². The zero-order valence-corrected chi connectivity index (χ0v) is 12.6. The van der Waals surface area contributed by atoms with E-state index in [4.69, 9.17) is 4.74 Å². The number of aromatic nitrogens is 1. The van der Waals surface area contributed by atoms with Crippen molar-refractivity contribution < 1.29 is 9.53 Å². The van der Waals surface area contributed by atoms with Crippen molar-refractivity contribution in [1.82, 2.24) is 14.8 Å². The third-order valence-electron chi connectivity index (χ3n) is 4.64. The van der Waals surface area contributed by atoms with Gasteiger partial charge in [0.15, 0.2) is 0 Å². The first kappa shape index (κ1) is 14.5. The van der Waals surface area contributed by atoms with Crippen LogP contribution in [0, 0.1) is 11.8 Å². The summed E-state index contributed by atoms with van der Waals surface area (Å²) in [4.78, 5) is 21.0. The minimum Gasteiger partial charge on any atom is -0.383 e. The number of ether oxygens (including phenoxy) is 1. The molecule has 3 heterocycles. The minimum absolute atomic E-state index is 0.178. The van der Waals surface area contributed by atoms with Gasteiger partial charge in [-0.2, -0.15) is 0 Å². The molecular weight excluding hydrogens is 266 g/mol. The van der Waals surface area contributed by atoms with Crippen molar-refractivity contribution in [2.75, 3.05) is 39.9 Å². The van der Waals surface area contributed by atoms with Crippen molar-refractivity contribution in [2.24, 2.45) is 11.8 Å². The normalized spacial score (nSPS) is 26.1. The molecular formula is C16H23N3O2. The van der Waals surface area contributed by atoms with Crippen LogP contribution < -0.4 is 0 Å². The average molecular weight is 289 g/mol. The number of pyridine rings is 1. The Kier molecular flexibility index (Phi) is 4.51. The first-order valence-electron chi connectivity index (χ1n) is 7.67. The maximum Gasteiger partial charge on any atom is 0.227 e. The number of nitrogens with zero attached hydrogens (tertiary/aromatic N) is 3. The van der Waals surface area contributed by atoms with E-state index in [1.807, 2.05) is 17.3 Å². The largest absolute Gasteiger partial charge is 0.383 e. The molecule has 0 aliphatic carbocycles. The van der Waals surface area contributed by atoms with Gasteiger partial charge in [-0.1, -0.05) is 0 Å². The Morgan fingerprint density at radius 1 is 1.33 bits per heavy atom. The van der Waals surface area contributed by atoms with Crippen molar-refractivity contribution in [1.29, 1.82) is 0 Å². The molecule has 2 saturated heterocycles. The molecule has 1 aromatic rings. The van der Waals surface area contributed by atoms with Crippen molar-refractivity contribution >= 4 is 5.91 Å². The fourth-order valence-corrected chi connectivity index (χ4v) is 3.50. The van der Waals surface area contributed by atoms with Crippen LogP contribution in [-0.2, 0) is 16.1 Å². The predicted molar refractivity (Wildman–Crippen MR) is 79.6 cm³/mol. The summed E-state index contributed by atoms with van der Waals surface area (Å²) < 4.78 is 5.09. The Morgan fingerprint density at radius 2 is 2.14 bits per heavy atom. The molecule has 5 nitrogen and oxygen atoms in total. The molecule has 2 aliphatic heterocycles. The Labute approximate surface area is 125 Å². The molecule has 1 amide bonds. The van der Waals surface area contributed by atoms with Crippen LogP contribution in [0.25, 0.3) is 0 Å². The third-order valence-corrected chi connectivity index (χ3v) is 4.64. The van der Waals surface area contributed by atoms with Crippen LogP contribution in [0.1, 0.15) is 12.0 Å². The highest BCUT2D eigenvalue weighted by Crippen LogP contribution is 2.32. The summed E-state index contributed by atoms with van der Waals surface area (Å²) in [5.41, 5.74) is 1.27. The SMILES string of the molecule is COCCN1CC[C@@H]2CN(Cc3ccncc3)C[C@H]2C1=O. The van der Waals surface area contributed by atoms with Crippen LogP contribution in [0.5, 0.6) is 0 Å². The maximum absolute atomic E-state index is 12.5. The van der Waals surface area contributed by atoms with Crippen molar-refractivity contribution in [3.8, 4) is 0 Å². The number of rotatable bonds is 5. The highest BCUT2D eigenvalue weighted by Gasteiger charge is 2.42. The van der Waals surface area contributed by atoms with Gasteiger partial charge in [-0.05, 0) is 30.0 Å². The highest BCUT2D eigenvalue weighted by molar-refractivity contribution is 5.80. The second-order valence-corrected chi connectivity index (χ2v) is 6.02. The summed E-state index contributed by atoms with van der Waals surface area (Å²) in [5, 5.41) is 0. The van der Waals surface area contributed by atoms with Crippen molar-refractivity contribution in [2.45, 2.75) is 13.0 Å². The number of hydrogen-bond donors (Lipinski definition) is 0. The number of methoxy groups -OCH3 is 1. The molecule has 0 spiro atoms. The van der Waals surface area contributed by atoms with Crippen LogP contribution in [0.4, 0.5) is 0 Å². The standard InChI is InChI=1S/C16H23N3O2/c1-21-9-8-19-7-4-14-11-18(12-15(14)16(19)20)10-13-2-5-17-6-3-13/h2-3,5-6,14-15H,4,7-12H2,1H3/t14-,15-/m1/s1. The lowest BCUT2D eigenvalue weighted by atomic mass is 9.88. The lowest BCUT2D eigenvalue weighted by Crippen LogP contribution is -2.46. The first-order chi connectivity index (χ1) is 10.3. The molecule has 0 radical (unpaired) electrons. The minimum atomic E-state index is 0.178. The number of fused-ring (bicyclic) bond motifs is 1. The van der Waals surface area contributed by atoms with E-state index in [1.54, 1.807) is 7.11 Å². The Morgan fingerprint density at radius 3 is 2.90 bits per heavy atom. The Hall–Kier alpha value is -1.46. The van der Waals surface area contributed by atoms with E-state index in [0.717, 1.165) is 39.1 Å². The summed E-state index contributed by atoms with van der Waals surface area (Å²) in [6.45, 7) is 5.08. The van der Waals surface area contributed by atoms with E-state index in [1.165, 1.54) is 5.56 Å². The molecule has 2 fully saturated rings. The Bertz CT molecular complexity index is 480. The summed E-state index contributed by atoms with van der Waals surface area (Å²) in [7, 11) is 1.68. The fourth-order valence-electron chi connectivity index (χ4n) is 3.50. The van der Waals surface area contributed by atoms with E-state index in [-0.39, 0.29) is 5.92 Å². The number of likely N-dealkylation sites (tertiary alicyclic amines) is 2. The molecule has 2 aliphatic rings. The molecule has 114 valence electrons. The van der Waals surface area contributed by atoms with E-state index in [0.29, 0.717) is 18.4 Å². The van der Waals surface area contributed by atoms with Gasteiger partial charge in [0, 0.05) is 52.2 Å². The van der Waals surface area contributed by atoms with Crippen LogP contribution >= 0.6 is 0 Å². The zero-order valence-electron chi connectivity index (χ0n) is 12.6. The van der Waals surface area contributed by atoms with Crippen LogP contribution in [0.2, 0.25) is 0 Å². The quantitative estimate of drug-likeness (QED) is 0.811. The van der Waals surface area contributed by atoms with Gasteiger partial charge in [0.1, 0.15) is 0 Å². The summed E-state index contributed by atoms with van der Waals surface area (Å²) in [6.07, 6.45) is 4.78.